The third-order valence-electron chi connectivity index (χ3n) is 6.24. The minimum absolute atomic E-state index is 0.0214. The van der Waals surface area contributed by atoms with E-state index in [1.54, 1.807) is 24.5 Å². The van der Waals surface area contributed by atoms with Gasteiger partial charge in [-0.1, -0.05) is 29.3 Å². The van der Waals surface area contributed by atoms with Crippen LogP contribution in [0.2, 0.25) is 5.02 Å². The fraction of sp³-hybridized carbons (Fsp3) is 0.269. The molecule has 0 radical (unpaired) electrons. The predicted molar refractivity (Wildman–Crippen MR) is 130 cm³/mol. The third kappa shape index (κ3) is 5.51. The first kappa shape index (κ1) is 24.2. The summed E-state index contributed by atoms with van der Waals surface area (Å²) in [6.07, 6.45) is 7.15. The van der Waals surface area contributed by atoms with Crippen LogP contribution in [-0.4, -0.2) is 29.1 Å². The normalized spacial score (nSPS) is 23.6. The largest absolute Gasteiger partial charge is 0.573 e. The van der Waals surface area contributed by atoms with Crippen molar-refractivity contribution in [1.82, 2.24) is 4.98 Å². The molecule has 10 heteroatoms. The zero-order valence-electron chi connectivity index (χ0n) is 18.8. The summed E-state index contributed by atoms with van der Waals surface area (Å²) in [7, 11) is 0. The molecule has 186 valence electrons. The number of nitrogens with one attached hydrogen (secondary N) is 1. The molecule has 0 spiro atoms. The molecule has 1 aliphatic heterocycles. The molecular formula is C26H21ClF4N4O. The summed E-state index contributed by atoms with van der Waals surface area (Å²) in [6.45, 7) is 0. The van der Waals surface area contributed by atoms with Crippen molar-refractivity contribution < 1.29 is 22.3 Å². The molecule has 1 aromatic carbocycles. The van der Waals surface area contributed by atoms with Gasteiger partial charge in [0.15, 0.2) is 5.84 Å². The molecule has 1 N–H and O–H groups in total. The van der Waals surface area contributed by atoms with Crippen molar-refractivity contribution in [1.29, 1.82) is 0 Å². The second-order valence-corrected chi connectivity index (χ2v) is 9.09. The summed E-state index contributed by atoms with van der Waals surface area (Å²) in [5.74, 6) is 0.119. The van der Waals surface area contributed by atoms with E-state index in [1.165, 1.54) is 24.3 Å². The molecule has 2 aromatic rings. The Labute approximate surface area is 210 Å². The number of halogens is 5. The van der Waals surface area contributed by atoms with Gasteiger partial charge < -0.3 is 10.1 Å². The van der Waals surface area contributed by atoms with E-state index in [1.807, 2.05) is 18.2 Å². The maximum absolute atomic E-state index is 13.7. The molecule has 3 unspecified atom stereocenters. The number of nitrogens with zero attached hydrogens (tertiary/aromatic N) is 3. The Morgan fingerprint density at radius 1 is 1.14 bits per heavy atom. The molecule has 0 saturated carbocycles. The van der Waals surface area contributed by atoms with E-state index in [0.717, 1.165) is 11.1 Å². The number of pyridine rings is 1. The highest BCUT2D eigenvalue weighted by Gasteiger charge is 2.36. The first-order valence-electron chi connectivity index (χ1n) is 11.4. The number of benzene rings is 1. The zero-order chi connectivity index (χ0) is 25.3. The molecule has 2 heterocycles. The quantitative estimate of drug-likeness (QED) is 0.357. The van der Waals surface area contributed by atoms with E-state index in [-0.39, 0.29) is 28.7 Å². The number of rotatable bonds is 4. The Morgan fingerprint density at radius 3 is 2.75 bits per heavy atom. The maximum atomic E-state index is 13.7. The molecule has 3 atom stereocenters. The van der Waals surface area contributed by atoms with Gasteiger partial charge in [-0.15, -0.1) is 13.2 Å². The van der Waals surface area contributed by atoms with Crippen molar-refractivity contribution in [2.24, 2.45) is 21.8 Å². The number of aromatic nitrogens is 1. The number of anilines is 1. The molecule has 5 nitrogen and oxygen atoms in total. The van der Waals surface area contributed by atoms with Crippen molar-refractivity contribution in [3.05, 3.63) is 94.8 Å². The molecule has 0 amide bonds. The van der Waals surface area contributed by atoms with Crippen LogP contribution in [0.3, 0.4) is 0 Å². The van der Waals surface area contributed by atoms with Gasteiger partial charge in [-0.2, -0.15) is 0 Å². The highest BCUT2D eigenvalue weighted by Crippen LogP contribution is 2.38. The fourth-order valence-electron chi connectivity index (χ4n) is 4.59. The van der Waals surface area contributed by atoms with Crippen molar-refractivity contribution in [3.8, 4) is 0 Å². The molecular weight excluding hydrogens is 496 g/mol. The minimum Gasteiger partial charge on any atom is -0.406 e. The number of amidine groups is 2. The maximum Gasteiger partial charge on any atom is 0.573 e. The highest BCUT2D eigenvalue weighted by atomic mass is 35.5. The first-order chi connectivity index (χ1) is 17.2. The summed E-state index contributed by atoms with van der Waals surface area (Å²) in [5.41, 5.74) is 2.17. The number of alkyl halides is 3. The van der Waals surface area contributed by atoms with Crippen LogP contribution in [0.1, 0.15) is 24.8 Å². The van der Waals surface area contributed by atoms with Crippen LogP contribution in [0.25, 0.3) is 0 Å². The number of fused-ring (bicyclic) bond motifs is 1. The fourth-order valence-corrected chi connectivity index (χ4v) is 4.77. The Bertz CT molecular complexity index is 1300. The lowest BCUT2D eigenvalue weighted by Gasteiger charge is -2.35. The first-order valence-corrected chi connectivity index (χ1v) is 11.8. The van der Waals surface area contributed by atoms with Crippen LogP contribution in [0.4, 0.5) is 23.2 Å². The molecule has 3 aliphatic rings. The number of aliphatic imine (C=N–C) groups is 2. The van der Waals surface area contributed by atoms with Gasteiger partial charge in [0, 0.05) is 29.6 Å². The second kappa shape index (κ2) is 9.89. The SMILES string of the molecule is Fc1ccc(NC2=NC(c3cccnc3)=NC3C=CC(C4=CC(OC(F)(F)F)=CCC4)CC23)cc1Cl. The van der Waals surface area contributed by atoms with Crippen LogP contribution in [0.15, 0.2) is 88.3 Å². The van der Waals surface area contributed by atoms with Gasteiger partial charge in [0.25, 0.3) is 0 Å². The molecule has 0 saturated heterocycles. The molecule has 36 heavy (non-hydrogen) atoms. The van der Waals surface area contributed by atoms with E-state index in [9.17, 15) is 17.6 Å². The van der Waals surface area contributed by atoms with Gasteiger partial charge in [-0.05, 0) is 67.7 Å². The van der Waals surface area contributed by atoms with Crippen molar-refractivity contribution >= 4 is 29.0 Å². The topological polar surface area (TPSA) is 58.9 Å². The third-order valence-corrected chi connectivity index (χ3v) is 6.53. The van der Waals surface area contributed by atoms with Gasteiger partial charge in [0.2, 0.25) is 0 Å². The predicted octanol–water partition coefficient (Wildman–Crippen LogP) is 6.85. The number of hydrogen-bond acceptors (Lipinski definition) is 5. The van der Waals surface area contributed by atoms with Gasteiger partial charge >= 0.3 is 6.36 Å². The highest BCUT2D eigenvalue weighted by molar-refractivity contribution is 6.31. The molecule has 0 fully saturated rings. The van der Waals surface area contributed by atoms with Gasteiger partial charge in [0.05, 0.1) is 11.1 Å². The second-order valence-electron chi connectivity index (χ2n) is 8.68. The Hall–Kier alpha value is -3.46. The Morgan fingerprint density at radius 2 is 2.00 bits per heavy atom. The van der Waals surface area contributed by atoms with Crippen LogP contribution >= 0.6 is 11.6 Å². The molecule has 2 aliphatic carbocycles. The number of ether oxygens (including phenoxy) is 1. The summed E-state index contributed by atoms with van der Waals surface area (Å²) >= 11 is 5.97. The molecule has 0 bridgehead atoms. The van der Waals surface area contributed by atoms with E-state index >= 15 is 0 Å². The van der Waals surface area contributed by atoms with Crippen molar-refractivity contribution in [3.63, 3.8) is 0 Å². The Balaban J connectivity index is 1.45. The zero-order valence-corrected chi connectivity index (χ0v) is 19.6. The lowest BCUT2D eigenvalue weighted by Crippen LogP contribution is -2.39. The minimum atomic E-state index is -4.74. The van der Waals surface area contributed by atoms with Crippen LogP contribution in [0.5, 0.6) is 0 Å². The van der Waals surface area contributed by atoms with E-state index in [2.05, 4.69) is 15.0 Å². The van der Waals surface area contributed by atoms with Crippen molar-refractivity contribution in [2.75, 3.05) is 5.32 Å². The smallest absolute Gasteiger partial charge is 0.406 e. The van der Waals surface area contributed by atoms with Gasteiger partial charge in [-0.25, -0.2) is 9.38 Å². The Kier molecular flexibility index (Phi) is 6.66. The van der Waals surface area contributed by atoms with E-state index < -0.39 is 12.2 Å². The summed E-state index contributed by atoms with van der Waals surface area (Å²) in [5, 5.41) is 3.25. The van der Waals surface area contributed by atoms with Crippen molar-refractivity contribution in [2.45, 2.75) is 31.7 Å². The van der Waals surface area contributed by atoms with Gasteiger partial charge in [-0.3, -0.25) is 9.98 Å². The van der Waals surface area contributed by atoms with Crippen LogP contribution in [0, 0.1) is 17.7 Å². The van der Waals surface area contributed by atoms with Crippen LogP contribution in [-0.2, 0) is 4.74 Å². The van der Waals surface area contributed by atoms with Crippen LogP contribution < -0.4 is 5.32 Å². The summed E-state index contributed by atoms with van der Waals surface area (Å²) in [6, 6.07) is 7.74. The average molecular weight is 517 g/mol. The lowest BCUT2D eigenvalue weighted by atomic mass is 9.76. The van der Waals surface area contributed by atoms with Gasteiger partial charge in [0.1, 0.15) is 17.4 Å². The lowest BCUT2D eigenvalue weighted by molar-refractivity contribution is -0.303. The average Bonchev–Trinajstić information content (AvgIpc) is 2.85. The van der Waals surface area contributed by atoms with E-state index in [0.29, 0.717) is 36.6 Å². The standard InChI is InChI=1S/C26H21ClF4N4O/c27-21-13-18(7-8-22(21)28)33-25-20-12-16(15-3-1-5-19(11-15)36-26(29,30)31)6-9-23(20)34-24(35-25)17-4-2-10-32-14-17/h2,4-11,13-14,16,20,23H,1,3,12H2,(H,33,34,35). The molecule has 5 rings (SSSR count). The monoisotopic (exact) mass is 516 g/mol. The molecule has 1 aromatic heterocycles. The van der Waals surface area contributed by atoms with E-state index in [4.69, 9.17) is 21.6 Å². The summed E-state index contributed by atoms with van der Waals surface area (Å²) in [4.78, 5) is 13.7. The summed E-state index contributed by atoms with van der Waals surface area (Å²) < 4.78 is 56.1. The number of hydrogen-bond donors (Lipinski definition) is 1. The number of allylic oxidation sites excluding steroid dienone is 4.